The summed E-state index contributed by atoms with van der Waals surface area (Å²) in [6, 6.07) is 4.45. The van der Waals surface area contributed by atoms with Gasteiger partial charge in [-0.2, -0.15) is 4.98 Å². The van der Waals surface area contributed by atoms with Crippen molar-refractivity contribution < 1.29 is 19.3 Å². The van der Waals surface area contributed by atoms with Crippen LogP contribution in [0.5, 0.6) is 0 Å². The number of methoxy groups -OCH3 is 1. The smallest absolute Gasteiger partial charge is 0.270 e. The maximum Gasteiger partial charge on any atom is 0.270 e. The molecule has 0 bridgehead atoms. The highest BCUT2D eigenvalue weighted by molar-refractivity contribution is 5.63. The van der Waals surface area contributed by atoms with E-state index in [2.05, 4.69) is 10.1 Å². The second kappa shape index (κ2) is 6.42. The van der Waals surface area contributed by atoms with E-state index in [0.29, 0.717) is 5.56 Å². The van der Waals surface area contributed by atoms with Crippen molar-refractivity contribution in [2.75, 3.05) is 13.7 Å². The Hall–Kier alpha value is -2.32. The van der Waals surface area contributed by atoms with Gasteiger partial charge in [-0.1, -0.05) is 11.2 Å². The molecular weight excluding hydrogens is 278 g/mol. The molecule has 0 saturated heterocycles. The molecular formula is C13H15N3O5. The first-order valence-electron chi connectivity index (χ1n) is 6.26. The molecule has 8 nitrogen and oxygen atoms in total. The summed E-state index contributed by atoms with van der Waals surface area (Å²) < 4.78 is 9.86. The predicted molar refractivity (Wildman–Crippen MR) is 72.7 cm³/mol. The lowest BCUT2D eigenvalue weighted by Gasteiger charge is -2.04. The second-order valence-electron chi connectivity index (χ2n) is 4.58. The number of nitrogens with zero attached hydrogens (tertiary/aromatic N) is 3. The Morgan fingerprint density at radius 1 is 1.52 bits per heavy atom. The van der Waals surface area contributed by atoms with Gasteiger partial charge in [0.25, 0.3) is 5.69 Å². The number of hydrogen-bond acceptors (Lipinski definition) is 7. The molecule has 1 heterocycles. The summed E-state index contributed by atoms with van der Waals surface area (Å²) in [6.07, 6.45) is -0.580. The van der Waals surface area contributed by atoms with Crippen molar-refractivity contribution in [3.05, 3.63) is 39.8 Å². The van der Waals surface area contributed by atoms with Crippen LogP contribution >= 0.6 is 0 Å². The van der Waals surface area contributed by atoms with Crippen LogP contribution < -0.4 is 0 Å². The molecule has 0 amide bonds. The molecule has 1 N–H and O–H groups in total. The zero-order valence-corrected chi connectivity index (χ0v) is 11.6. The zero-order valence-electron chi connectivity index (χ0n) is 11.6. The van der Waals surface area contributed by atoms with Crippen molar-refractivity contribution in [3.63, 3.8) is 0 Å². The van der Waals surface area contributed by atoms with Crippen molar-refractivity contribution in [2.24, 2.45) is 0 Å². The van der Waals surface area contributed by atoms with Crippen molar-refractivity contribution in [2.45, 2.75) is 19.4 Å². The molecule has 1 unspecified atom stereocenters. The molecule has 2 rings (SSSR count). The summed E-state index contributed by atoms with van der Waals surface area (Å²) in [6.45, 7) is 1.96. The minimum absolute atomic E-state index is 0.0404. The quantitative estimate of drug-likeness (QED) is 0.634. The van der Waals surface area contributed by atoms with Crippen LogP contribution in [0.25, 0.3) is 11.4 Å². The first-order valence-corrected chi connectivity index (χ1v) is 6.26. The lowest BCUT2D eigenvalue weighted by Crippen LogP contribution is -2.17. The van der Waals surface area contributed by atoms with Crippen LogP contribution in [-0.4, -0.2) is 40.0 Å². The Labute approximate surface area is 120 Å². The van der Waals surface area contributed by atoms with Gasteiger partial charge in [-0.3, -0.25) is 10.1 Å². The normalized spacial score (nSPS) is 12.3. The lowest BCUT2D eigenvalue weighted by molar-refractivity contribution is -0.384. The number of nitro groups is 1. The van der Waals surface area contributed by atoms with Gasteiger partial charge in [0, 0.05) is 24.8 Å². The SMILES string of the molecule is COCC(O)Cc1nc(-c2cc([N+](=O)[O-])ccc2C)no1. The standard InChI is InChI=1S/C13H15N3O5/c1-8-3-4-9(16(18)19)5-11(8)13-14-12(21-15-13)6-10(17)7-20-2/h3-5,10,17H,6-7H2,1-2H3. The fourth-order valence-electron chi connectivity index (χ4n) is 1.86. The molecule has 0 aliphatic carbocycles. The van der Waals surface area contributed by atoms with Gasteiger partial charge in [-0.15, -0.1) is 0 Å². The van der Waals surface area contributed by atoms with Crippen LogP contribution in [0.2, 0.25) is 0 Å². The van der Waals surface area contributed by atoms with E-state index in [1.54, 1.807) is 13.0 Å². The van der Waals surface area contributed by atoms with Gasteiger partial charge in [-0.25, -0.2) is 0 Å². The molecule has 0 saturated carbocycles. The van der Waals surface area contributed by atoms with E-state index in [1.807, 2.05) is 0 Å². The average Bonchev–Trinajstić information content (AvgIpc) is 2.87. The number of ether oxygens (including phenoxy) is 1. The lowest BCUT2D eigenvalue weighted by atomic mass is 10.1. The Balaban J connectivity index is 2.25. The third-order valence-electron chi connectivity index (χ3n) is 2.91. The first-order chi connectivity index (χ1) is 10.0. The molecule has 8 heteroatoms. The van der Waals surface area contributed by atoms with E-state index in [4.69, 9.17) is 9.26 Å². The van der Waals surface area contributed by atoms with Crippen LogP contribution in [-0.2, 0) is 11.2 Å². The van der Waals surface area contributed by atoms with Crippen molar-refractivity contribution in [1.29, 1.82) is 0 Å². The van der Waals surface area contributed by atoms with Gasteiger partial charge in [-0.05, 0) is 12.5 Å². The van der Waals surface area contributed by atoms with Gasteiger partial charge in [0.1, 0.15) is 0 Å². The maximum atomic E-state index is 10.8. The van der Waals surface area contributed by atoms with E-state index < -0.39 is 11.0 Å². The highest BCUT2D eigenvalue weighted by Crippen LogP contribution is 2.25. The van der Waals surface area contributed by atoms with E-state index in [1.165, 1.54) is 19.2 Å². The number of nitro benzene ring substituents is 1. The molecule has 0 aliphatic rings. The average molecular weight is 293 g/mol. The van der Waals surface area contributed by atoms with Crippen LogP contribution in [0.15, 0.2) is 22.7 Å². The number of aromatic nitrogens is 2. The molecule has 21 heavy (non-hydrogen) atoms. The van der Waals surface area contributed by atoms with E-state index in [-0.39, 0.29) is 30.4 Å². The van der Waals surface area contributed by atoms with Crippen LogP contribution in [0.1, 0.15) is 11.5 Å². The Morgan fingerprint density at radius 2 is 2.29 bits per heavy atom. The fourth-order valence-corrected chi connectivity index (χ4v) is 1.86. The van der Waals surface area contributed by atoms with Gasteiger partial charge < -0.3 is 14.4 Å². The minimum Gasteiger partial charge on any atom is -0.390 e. The van der Waals surface area contributed by atoms with E-state index >= 15 is 0 Å². The second-order valence-corrected chi connectivity index (χ2v) is 4.58. The summed E-state index contributed by atoms with van der Waals surface area (Å²) in [7, 11) is 1.48. The minimum atomic E-state index is -0.741. The molecule has 2 aromatic rings. The molecule has 1 atom stereocenters. The van der Waals surface area contributed by atoms with Gasteiger partial charge in [0.15, 0.2) is 0 Å². The summed E-state index contributed by atoms with van der Waals surface area (Å²) in [5, 5.41) is 24.2. The van der Waals surface area contributed by atoms with E-state index in [9.17, 15) is 15.2 Å². The van der Waals surface area contributed by atoms with Gasteiger partial charge >= 0.3 is 0 Å². The number of hydrogen-bond donors (Lipinski definition) is 1. The van der Waals surface area contributed by atoms with Crippen LogP contribution in [0.4, 0.5) is 5.69 Å². The monoisotopic (exact) mass is 293 g/mol. The van der Waals surface area contributed by atoms with Crippen LogP contribution in [0, 0.1) is 17.0 Å². The summed E-state index contributed by atoms with van der Waals surface area (Å²) in [4.78, 5) is 14.5. The van der Waals surface area contributed by atoms with Crippen molar-refractivity contribution >= 4 is 5.69 Å². The number of rotatable bonds is 6. The number of aliphatic hydroxyl groups is 1. The highest BCUT2D eigenvalue weighted by Gasteiger charge is 2.17. The molecule has 1 aromatic carbocycles. The van der Waals surface area contributed by atoms with Crippen molar-refractivity contribution in [1.82, 2.24) is 10.1 Å². The first kappa shape index (κ1) is 15.1. The fraction of sp³-hybridized carbons (Fsp3) is 0.385. The Kier molecular flexibility index (Phi) is 4.61. The maximum absolute atomic E-state index is 10.8. The summed E-state index contributed by atoms with van der Waals surface area (Å²) in [5.74, 6) is 0.510. The predicted octanol–water partition coefficient (Wildman–Crippen LogP) is 1.50. The Bertz CT molecular complexity index is 640. The zero-order chi connectivity index (χ0) is 15.4. The van der Waals surface area contributed by atoms with Gasteiger partial charge in [0.05, 0.1) is 24.1 Å². The molecule has 0 radical (unpaired) electrons. The summed E-state index contributed by atoms with van der Waals surface area (Å²) >= 11 is 0. The summed E-state index contributed by atoms with van der Waals surface area (Å²) in [5.41, 5.74) is 1.28. The topological polar surface area (TPSA) is 112 Å². The molecule has 1 aromatic heterocycles. The number of aliphatic hydroxyl groups excluding tert-OH is 1. The number of aryl methyl sites for hydroxylation is 1. The van der Waals surface area contributed by atoms with Crippen LogP contribution in [0.3, 0.4) is 0 Å². The van der Waals surface area contributed by atoms with Gasteiger partial charge in [0.2, 0.25) is 11.7 Å². The third kappa shape index (κ3) is 3.61. The molecule has 112 valence electrons. The molecule has 0 fully saturated rings. The highest BCUT2D eigenvalue weighted by atomic mass is 16.6. The Morgan fingerprint density at radius 3 is 2.95 bits per heavy atom. The number of benzene rings is 1. The van der Waals surface area contributed by atoms with Crippen molar-refractivity contribution in [3.8, 4) is 11.4 Å². The molecule has 0 spiro atoms. The number of non-ortho nitro benzene ring substituents is 1. The third-order valence-corrected chi connectivity index (χ3v) is 2.91. The largest absolute Gasteiger partial charge is 0.390 e. The van der Waals surface area contributed by atoms with E-state index in [0.717, 1.165) is 5.56 Å². The molecule has 0 aliphatic heterocycles.